The van der Waals surface area contributed by atoms with E-state index in [9.17, 15) is 4.79 Å². The second-order valence-corrected chi connectivity index (χ2v) is 4.89. The molecule has 0 aromatic heterocycles. The maximum atomic E-state index is 10.8. The minimum absolute atomic E-state index is 0.106. The fourth-order valence-electron chi connectivity index (χ4n) is 2.83. The predicted molar refractivity (Wildman–Crippen MR) is 54.1 cm³/mol. The molecular weight excluding hydrogens is 178 g/mol. The monoisotopic (exact) mass is 197 g/mol. The number of aliphatic carboxylic acids is 1. The van der Waals surface area contributed by atoms with Crippen molar-refractivity contribution in [3.63, 3.8) is 0 Å². The zero-order chi connectivity index (χ0) is 10.1. The highest BCUT2D eigenvalue weighted by Gasteiger charge is 2.34. The largest absolute Gasteiger partial charge is 0.481 e. The highest BCUT2D eigenvalue weighted by atomic mass is 16.4. The molecule has 14 heavy (non-hydrogen) atoms. The summed E-state index contributed by atoms with van der Waals surface area (Å²) >= 11 is 0. The van der Waals surface area contributed by atoms with Gasteiger partial charge in [-0.25, -0.2) is 0 Å². The fraction of sp³-hybridized carbons (Fsp3) is 0.909. The molecule has 3 nitrogen and oxygen atoms in total. The van der Waals surface area contributed by atoms with E-state index in [-0.39, 0.29) is 5.92 Å². The first kappa shape index (κ1) is 9.97. The smallest absolute Gasteiger partial charge is 0.307 e. The van der Waals surface area contributed by atoms with Gasteiger partial charge < -0.3 is 5.11 Å². The maximum Gasteiger partial charge on any atom is 0.307 e. The standard InChI is InChI=1S/C11H19NO2/c1-8-2-3-10(6-8)12-5-4-9(7-12)11(13)14/h8-10H,2-7H2,1H3,(H,13,14). The fourth-order valence-corrected chi connectivity index (χ4v) is 2.83. The highest BCUT2D eigenvalue weighted by Crippen LogP contribution is 2.32. The molecule has 1 N–H and O–H groups in total. The first-order valence-corrected chi connectivity index (χ1v) is 5.63. The van der Waals surface area contributed by atoms with E-state index in [4.69, 9.17) is 5.11 Å². The van der Waals surface area contributed by atoms with Crippen LogP contribution in [0.3, 0.4) is 0 Å². The maximum absolute atomic E-state index is 10.8. The first-order chi connectivity index (χ1) is 6.66. The number of hydrogen-bond donors (Lipinski definition) is 1. The number of hydrogen-bond acceptors (Lipinski definition) is 2. The molecule has 0 aromatic rings. The number of rotatable bonds is 2. The lowest BCUT2D eigenvalue weighted by atomic mass is 10.1. The minimum atomic E-state index is -0.612. The van der Waals surface area contributed by atoms with Gasteiger partial charge in [-0.15, -0.1) is 0 Å². The molecule has 1 aliphatic carbocycles. The van der Waals surface area contributed by atoms with Crippen LogP contribution in [-0.4, -0.2) is 35.1 Å². The van der Waals surface area contributed by atoms with Crippen LogP contribution in [0.15, 0.2) is 0 Å². The Kier molecular flexibility index (Phi) is 2.77. The van der Waals surface area contributed by atoms with Crippen molar-refractivity contribution in [2.45, 2.75) is 38.6 Å². The van der Waals surface area contributed by atoms with Gasteiger partial charge in [-0.2, -0.15) is 0 Å². The van der Waals surface area contributed by atoms with Crippen LogP contribution >= 0.6 is 0 Å². The third kappa shape index (κ3) is 1.92. The van der Waals surface area contributed by atoms with E-state index in [0.717, 1.165) is 25.4 Å². The van der Waals surface area contributed by atoms with Gasteiger partial charge >= 0.3 is 5.97 Å². The molecule has 80 valence electrons. The number of likely N-dealkylation sites (tertiary alicyclic amines) is 1. The van der Waals surface area contributed by atoms with Crippen LogP contribution in [0.2, 0.25) is 0 Å². The molecule has 0 spiro atoms. The molecular formula is C11H19NO2. The van der Waals surface area contributed by atoms with Crippen LogP contribution in [0.25, 0.3) is 0 Å². The topological polar surface area (TPSA) is 40.5 Å². The van der Waals surface area contributed by atoms with Gasteiger partial charge in [0.15, 0.2) is 0 Å². The summed E-state index contributed by atoms with van der Waals surface area (Å²) in [6, 6.07) is 0.675. The Morgan fingerprint density at radius 1 is 1.36 bits per heavy atom. The van der Waals surface area contributed by atoms with Gasteiger partial charge in [-0.3, -0.25) is 9.69 Å². The van der Waals surface area contributed by atoms with Gasteiger partial charge in [-0.1, -0.05) is 6.92 Å². The summed E-state index contributed by atoms with van der Waals surface area (Å²) in [5, 5.41) is 8.90. The molecule has 0 amide bonds. The van der Waals surface area contributed by atoms with Crippen LogP contribution in [0.5, 0.6) is 0 Å². The lowest BCUT2D eigenvalue weighted by Gasteiger charge is -2.23. The molecule has 1 heterocycles. The van der Waals surface area contributed by atoms with Crippen LogP contribution in [-0.2, 0) is 4.79 Å². The molecule has 3 atom stereocenters. The lowest BCUT2D eigenvalue weighted by molar-refractivity contribution is -0.141. The van der Waals surface area contributed by atoms with Crippen molar-refractivity contribution < 1.29 is 9.90 Å². The minimum Gasteiger partial charge on any atom is -0.481 e. The summed E-state index contributed by atoms with van der Waals surface area (Å²) in [6.07, 6.45) is 4.71. The van der Waals surface area contributed by atoms with E-state index < -0.39 is 5.97 Å². The summed E-state index contributed by atoms with van der Waals surface area (Å²) < 4.78 is 0. The summed E-state index contributed by atoms with van der Waals surface area (Å²) in [7, 11) is 0. The van der Waals surface area contributed by atoms with Crippen molar-refractivity contribution in [1.29, 1.82) is 0 Å². The molecule has 2 fully saturated rings. The SMILES string of the molecule is CC1CCC(N2CCC(C(=O)O)C2)C1. The Morgan fingerprint density at radius 2 is 2.14 bits per heavy atom. The Hall–Kier alpha value is -0.570. The van der Waals surface area contributed by atoms with Gasteiger partial charge in [0, 0.05) is 12.6 Å². The molecule has 2 rings (SSSR count). The summed E-state index contributed by atoms with van der Waals surface area (Å²) in [5.74, 6) is 0.119. The molecule has 0 radical (unpaired) electrons. The molecule has 3 heteroatoms. The predicted octanol–water partition coefficient (Wildman–Crippen LogP) is 1.58. The van der Waals surface area contributed by atoms with Crippen LogP contribution in [0, 0.1) is 11.8 Å². The van der Waals surface area contributed by atoms with E-state index in [0.29, 0.717) is 6.04 Å². The van der Waals surface area contributed by atoms with Crippen molar-refractivity contribution >= 4 is 5.97 Å². The second-order valence-electron chi connectivity index (χ2n) is 4.89. The van der Waals surface area contributed by atoms with Gasteiger partial charge in [0.2, 0.25) is 0 Å². The molecule has 1 saturated heterocycles. The average molecular weight is 197 g/mol. The average Bonchev–Trinajstić information content (AvgIpc) is 2.70. The molecule has 3 unspecified atom stereocenters. The summed E-state index contributed by atoms with van der Waals surface area (Å²) in [6.45, 7) is 4.08. The van der Waals surface area contributed by atoms with Crippen molar-refractivity contribution in [3.8, 4) is 0 Å². The Balaban J connectivity index is 1.86. The lowest BCUT2D eigenvalue weighted by Crippen LogP contribution is -2.32. The summed E-state index contributed by atoms with van der Waals surface area (Å²) in [4.78, 5) is 13.2. The molecule has 1 saturated carbocycles. The van der Waals surface area contributed by atoms with Crippen LogP contribution < -0.4 is 0 Å². The number of nitrogens with zero attached hydrogens (tertiary/aromatic N) is 1. The molecule has 0 aromatic carbocycles. The van der Waals surface area contributed by atoms with E-state index in [1.54, 1.807) is 0 Å². The molecule has 1 aliphatic heterocycles. The summed E-state index contributed by atoms with van der Waals surface area (Å²) in [5.41, 5.74) is 0. The third-order valence-electron chi connectivity index (χ3n) is 3.75. The van der Waals surface area contributed by atoms with E-state index in [1.165, 1.54) is 19.3 Å². The molecule has 2 aliphatic rings. The first-order valence-electron chi connectivity index (χ1n) is 5.63. The third-order valence-corrected chi connectivity index (χ3v) is 3.75. The van der Waals surface area contributed by atoms with Gasteiger partial charge in [0.25, 0.3) is 0 Å². The zero-order valence-corrected chi connectivity index (χ0v) is 8.78. The highest BCUT2D eigenvalue weighted by molar-refractivity contribution is 5.70. The molecule has 0 bridgehead atoms. The van der Waals surface area contributed by atoms with Crippen LogP contribution in [0.4, 0.5) is 0 Å². The van der Waals surface area contributed by atoms with Crippen molar-refractivity contribution in [3.05, 3.63) is 0 Å². The normalized spacial score (nSPS) is 39.1. The quantitative estimate of drug-likeness (QED) is 0.730. The van der Waals surface area contributed by atoms with E-state index >= 15 is 0 Å². The number of carboxylic acid groups (broad SMARTS) is 1. The Morgan fingerprint density at radius 3 is 2.64 bits per heavy atom. The second kappa shape index (κ2) is 3.89. The van der Waals surface area contributed by atoms with Gasteiger partial charge in [0.1, 0.15) is 0 Å². The zero-order valence-electron chi connectivity index (χ0n) is 8.78. The Bertz CT molecular complexity index is 229. The number of carboxylic acids is 1. The van der Waals surface area contributed by atoms with Crippen LogP contribution in [0.1, 0.15) is 32.6 Å². The van der Waals surface area contributed by atoms with E-state index in [2.05, 4.69) is 11.8 Å². The van der Waals surface area contributed by atoms with E-state index in [1.807, 2.05) is 0 Å². The van der Waals surface area contributed by atoms with Gasteiger partial charge in [-0.05, 0) is 38.1 Å². The van der Waals surface area contributed by atoms with Crippen molar-refractivity contribution in [2.24, 2.45) is 11.8 Å². The number of carbonyl (C=O) groups is 1. The van der Waals surface area contributed by atoms with Gasteiger partial charge in [0.05, 0.1) is 5.92 Å². The van der Waals surface area contributed by atoms with Crippen molar-refractivity contribution in [1.82, 2.24) is 4.90 Å². The van der Waals surface area contributed by atoms with Crippen molar-refractivity contribution in [2.75, 3.05) is 13.1 Å². The Labute approximate surface area is 85.1 Å².